The summed E-state index contributed by atoms with van der Waals surface area (Å²) in [5, 5.41) is 0. The Balaban J connectivity index is 1.31. The summed E-state index contributed by atoms with van der Waals surface area (Å²) in [5.41, 5.74) is 5.81. The van der Waals surface area contributed by atoms with Crippen molar-refractivity contribution in [3.05, 3.63) is 77.4 Å². The van der Waals surface area contributed by atoms with E-state index >= 15 is 0 Å². The molecule has 1 aromatic carbocycles. The van der Waals surface area contributed by atoms with Crippen LogP contribution in [0.25, 0.3) is 17.5 Å². The van der Waals surface area contributed by atoms with Crippen molar-refractivity contribution in [3.8, 4) is 17.1 Å². The molecule has 0 radical (unpaired) electrons. The molecule has 2 aliphatic heterocycles. The Morgan fingerprint density at radius 3 is 2.96 bits per heavy atom. The second-order valence-corrected chi connectivity index (χ2v) is 7.00. The number of ether oxygens (including phenoxy) is 1. The van der Waals surface area contributed by atoms with E-state index in [0.29, 0.717) is 6.61 Å². The lowest BCUT2D eigenvalue weighted by Gasteiger charge is -2.30. The third-order valence-electron chi connectivity index (χ3n) is 5.05. The van der Waals surface area contributed by atoms with E-state index in [1.807, 2.05) is 36.7 Å². The fourth-order valence-electron chi connectivity index (χ4n) is 3.69. The van der Waals surface area contributed by atoms with E-state index < -0.39 is 0 Å². The average Bonchev–Trinajstić information content (AvgIpc) is 2.74. The quantitative estimate of drug-likeness (QED) is 0.720. The van der Waals surface area contributed by atoms with E-state index in [9.17, 15) is 0 Å². The van der Waals surface area contributed by atoms with Gasteiger partial charge in [0.2, 0.25) is 0 Å². The first-order chi connectivity index (χ1) is 13.3. The van der Waals surface area contributed by atoms with Gasteiger partial charge in [-0.2, -0.15) is 0 Å². The van der Waals surface area contributed by atoms with Gasteiger partial charge in [0, 0.05) is 61.3 Å². The van der Waals surface area contributed by atoms with E-state index in [1.165, 1.54) is 16.7 Å². The van der Waals surface area contributed by atoms with E-state index in [2.05, 4.69) is 33.1 Å². The molecule has 0 atom stereocenters. The largest absolute Gasteiger partial charge is 0.489 e. The standard InChI is InChI=1S/C22H20N4O/c1-2-6-21-17(4-1)10-16(15-27-21)13-26-9-7-20-19(14-26)12-24-22(25-20)18-5-3-8-23-11-18/h1-6,8,10-12H,7,9,13-15H2. The molecular weight excluding hydrogens is 336 g/mol. The van der Waals surface area contributed by atoms with Crippen LogP contribution in [0.2, 0.25) is 0 Å². The molecule has 0 spiro atoms. The first-order valence-electron chi connectivity index (χ1n) is 9.24. The predicted octanol–water partition coefficient (Wildman–Crippen LogP) is 3.37. The molecule has 2 aromatic heterocycles. The lowest BCUT2D eigenvalue weighted by Crippen LogP contribution is -2.34. The molecule has 0 fully saturated rings. The van der Waals surface area contributed by atoms with Crippen molar-refractivity contribution >= 4 is 6.08 Å². The molecule has 2 aliphatic rings. The molecule has 5 rings (SSSR count). The maximum absolute atomic E-state index is 5.89. The Morgan fingerprint density at radius 2 is 2.04 bits per heavy atom. The Hall–Kier alpha value is -3.05. The van der Waals surface area contributed by atoms with Gasteiger partial charge >= 0.3 is 0 Å². The fraction of sp³-hybridized carbons (Fsp3) is 0.227. The highest BCUT2D eigenvalue weighted by atomic mass is 16.5. The van der Waals surface area contributed by atoms with Gasteiger partial charge in [0.05, 0.1) is 5.69 Å². The SMILES string of the molecule is C1=C(CN2CCc3nc(-c4cccnc4)ncc3C2)COc2ccccc21. The minimum Gasteiger partial charge on any atom is -0.489 e. The van der Waals surface area contributed by atoms with Gasteiger partial charge < -0.3 is 4.74 Å². The fourth-order valence-corrected chi connectivity index (χ4v) is 3.69. The Bertz CT molecular complexity index is 1000. The predicted molar refractivity (Wildman–Crippen MR) is 104 cm³/mol. The minimum atomic E-state index is 0.664. The van der Waals surface area contributed by atoms with E-state index in [0.717, 1.165) is 48.9 Å². The summed E-state index contributed by atoms with van der Waals surface area (Å²) < 4.78 is 5.89. The van der Waals surface area contributed by atoms with Crippen LogP contribution >= 0.6 is 0 Å². The van der Waals surface area contributed by atoms with Crippen molar-refractivity contribution in [2.45, 2.75) is 13.0 Å². The van der Waals surface area contributed by atoms with E-state index in [4.69, 9.17) is 9.72 Å². The topological polar surface area (TPSA) is 51.1 Å². The smallest absolute Gasteiger partial charge is 0.160 e. The highest BCUT2D eigenvalue weighted by molar-refractivity contribution is 5.62. The number of nitrogens with zero attached hydrogens (tertiary/aromatic N) is 4. The molecule has 4 heterocycles. The summed E-state index contributed by atoms with van der Waals surface area (Å²) in [5.74, 6) is 1.73. The Morgan fingerprint density at radius 1 is 1.07 bits per heavy atom. The maximum Gasteiger partial charge on any atom is 0.160 e. The second-order valence-electron chi connectivity index (χ2n) is 7.00. The number of rotatable bonds is 3. The summed E-state index contributed by atoms with van der Waals surface area (Å²) in [4.78, 5) is 15.9. The third kappa shape index (κ3) is 3.34. The van der Waals surface area contributed by atoms with Gasteiger partial charge in [-0.3, -0.25) is 9.88 Å². The van der Waals surface area contributed by atoms with Gasteiger partial charge in [0.1, 0.15) is 12.4 Å². The van der Waals surface area contributed by atoms with Crippen LogP contribution in [0, 0.1) is 0 Å². The van der Waals surface area contributed by atoms with Gasteiger partial charge in [-0.05, 0) is 29.8 Å². The minimum absolute atomic E-state index is 0.664. The second kappa shape index (κ2) is 6.93. The summed E-state index contributed by atoms with van der Waals surface area (Å²) in [7, 11) is 0. The molecule has 3 aromatic rings. The summed E-state index contributed by atoms with van der Waals surface area (Å²) in [6.45, 7) is 3.45. The van der Waals surface area contributed by atoms with Crippen LogP contribution in [0.4, 0.5) is 0 Å². The molecule has 5 nitrogen and oxygen atoms in total. The number of fused-ring (bicyclic) bond motifs is 2. The molecule has 0 bridgehead atoms. The number of hydrogen-bond donors (Lipinski definition) is 0. The normalized spacial score (nSPS) is 16.1. The molecule has 0 unspecified atom stereocenters. The maximum atomic E-state index is 5.89. The van der Waals surface area contributed by atoms with Crippen molar-refractivity contribution in [2.24, 2.45) is 0 Å². The highest BCUT2D eigenvalue weighted by Crippen LogP contribution is 2.27. The van der Waals surface area contributed by atoms with Crippen LogP contribution in [0.1, 0.15) is 16.8 Å². The van der Waals surface area contributed by atoms with Crippen molar-refractivity contribution in [3.63, 3.8) is 0 Å². The number of para-hydroxylation sites is 1. The van der Waals surface area contributed by atoms with E-state index in [-0.39, 0.29) is 0 Å². The van der Waals surface area contributed by atoms with Crippen molar-refractivity contribution in [1.29, 1.82) is 0 Å². The average molecular weight is 356 g/mol. The van der Waals surface area contributed by atoms with Crippen LogP contribution in [-0.4, -0.2) is 39.5 Å². The van der Waals surface area contributed by atoms with Gasteiger partial charge in [0.25, 0.3) is 0 Å². The van der Waals surface area contributed by atoms with Crippen molar-refractivity contribution < 1.29 is 4.74 Å². The molecule has 0 saturated carbocycles. The monoisotopic (exact) mass is 356 g/mol. The Kier molecular flexibility index (Phi) is 4.14. The first-order valence-corrected chi connectivity index (χ1v) is 9.24. The molecular formula is C22H20N4O. The molecule has 0 N–H and O–H groups in total. The highest BCUT2D eigenvalue weighted by Gasteiger charge is 2.21. The van der Waals surface area contributed by atoms with Crippen molar-refractivity contribution in [1.82, 2.24) is 19.9 Å². The van der Waals surface area contributed by atoms with Crippen LogP contribution < -0.4 is 4.74 Å². The van der Waals surface area contributed by atoms with Gasteiger partial charge in [-0.25, -0.2) is 9.97 Å². The molecule has 134 valence electrons. The zero-order chi connectivity index (χ0) is 18.1. The van der Waals surface area contributed by atoms with Crippen LogP contribution in [0.5, 0.6) is 5.75 Å². The lowest BCUT2D eigenvalue weighted by molar-refractivity contribution is 0.255. The summed E-state index contributed by atoms with van der Waals surface area (Å²) >= 11 is 0. The summed E-state index contributed by atoms with van der Waals surface area (Å²) in [6, 6.07) is 12.1. The molecule has 0 aliphatic carbocycles. The number of hydrogen-bond acceptors (Lipinski definition) is 5. The number of aromatic nitrogens is 3. The Labute approximate surface area is 158 Å². The molecule has 27 heavy (non-hydrogen) atoms. The van der Waals surface area contributed by atoms with Gasteiger partial charge in [-0.15, -0.1) is 0 Å². The van der Waals surface area contributed by atoms with E-state index in [1.54, 1.807) is 6.20 Å². The third-order valence-corrected chi connectivity index (χ3v) is 5.05. The molecule has 0 saturated heterocycles. The summed E-state index contributed by atoms with van der Waals surface area (Å²) in [6.07, 6.45) is 8.75. The van der Waals surface area contributed by atoms with Crippen LogP contribution in [0.15, 0.2) is 60.6 Å². The first kappa shape index (κ1) is 16.1. The molecule has 0 amide bonds. The van der Waals surface area contributed by atoms with Gasteiger partial charge in [-0.1, -0.05) is 18.2 Å². The van der Waals surface area contributed by atoms with Crippen LogP contribution in [-0.2, 0) is 13.0 Å². The van der Waals surface area contributed by atoms with Gasteiger partial charge in [0.15, 0.2) is 5.82 Å². The molecule has 5 heteroatoms. The lowest BCUT2D eigenvalue weighted by atomic mass is 10.0. The van der Waals surface area contributed by atoms with Crippen molar-refractivity contribution in [2.75, 3.05) is 19.7 Å². The number of benzene rings is 1. The number of pyridine rings is 1. The van der Waals surface area contributed by atoms with Crippen LogP contribution in [0.3, 0.4) is 0 Å². The zero-order valence-corrected chi connectivity index (χ0v) is 15.0. The zero-order valence-electron chi connectivity index (χ0n) is 15.0.